The van der Waals surface area contributed by atoms with Crippen LogP contribution in [0, 0.1) is 0 Å². The number of ether oxygens (including phenoxy) is 1. The zero-order valence-electron chi connectivity index (χ0n) is 7.43. The van der Waals surface area contributed by atoms with E-state index in [-0.39, 0.29) is 0 Å². The molecule has 1 heterocycles. The maximum absolute atomic E-state index is 11.3. The van der Waals surface area contributed by atoms with Gasteiger partial charge in [-0.05, 0) is 12.1 Å². The molecule has 0 aliphatic heterocycles. The highest BCUT2D eigenvalue weighted by molar-refractivity contribution is 5.74. The van der Waals surface area contributed by atoms with Crippen molar-refractivity contribution in [1.82, 2.24) is 9.97 Å². The molecular formula is C9H6N2O4. The Morgan fingerprint density at radius 3 is 2.87 bits per heavy atom. The van der Waals surface area contributed by atoms with Crippen LogP contribution in [-0.2, 0) is 0 Å². The van der Waals surface area contributed by atoms with Crippen molar-refractivity contribution in [2.75, 3.05) is 0 Å². The van der Waals surface area contributed by atoms with Crippen molar-refractivity contribution in [3.63, 3.8) is 0 Å². The maximum Gasteiger partial charge on any atom is 0.512 e. The molecule has 2 aromatic rings. The van der Waals surface area contributed by atoms with Crippen molar-refractivity contribution in [3.8, 4) is 5.88 Å². The van der Waals surface area contributed by atoms with E-state index in [9.17, 15) is 9.59 Å². The first kappa shape index (κ1) is 9.20. The highest BCUT2D eigenvalue weighted by Gasteiger charge is 2.08. The number of carboxylic acid groups (broad SMARTS) is 1. The van der Waals surface area contributed by atoms with E-state index in [2.05, 4.69) is 14.7 Å². The second-order valence-corrected chi connectivity index (χ2v) is 2.76. The van der Waals surface area contributed by atoms with Crippen LogP contribution in [0.2, 0.25) is 0 Å². The van der Waals surface area contributed by atoms with Gasteiger partial charge in [-0.25, -0.2) is 9.78 Å². The van der Waals surface area contributed by atoms with Gasteiger partial charge >= 0.3 is 11.7 Å². The third-order valence-corrected chi connectivity index (χ3v) is 1.75. The number of aromatic amines is 1. The van der Waals surface area contributed by atoms with E-state index in [1.54, 1.807) is 24.3 Å². The van der Waals surface area contributed by atoms with Crippen molar-refractivity contribution in [2.45, 2.75) is 0 Å². The summed E-state index contributed by atoms with van der Waals surface area (Å²) in [6.45, 7) is 0. The van der Waals surface area contributed by atoms with Gasteiger partial charge in [0.25, 0.3) is 5.88 Å². The molecule has 0 amide bonds. The number of nitrogens with zero attached hydrogens (tertiary/aromatic N) is 1. The van der Waals surface area contributed by atoms with E-state index in [1.165, 1.54) is 0 Å². The number of para-hydroxylation sites is 2. The third kappa shape index (κ3) is 1.78. The molecule has 0 unspecified atom stereocenters. The summed E-state index contributed by atoms with van der Waals surface area (Å²) in [7, 11) is 0. The van der Waals surface area contributed by atoms with Gasteiger partial charge in [0.15, 0.2) is 0 Å². The fourth-order valence-corrected chi connectivity index (χ4v) is 1.16. The largest absolute Gasteiger partial charge is 0.512 e. The van der Waals surface area contributed by atoms with E-state index in [0.29, 0.717) is 11.0 Å². The summed E-state index contributed by atoms with van der Waals surface area (Å²) in [4.78, 5) is 27.7. The lowest BCUT2D eigenvalue weighted by Crippen LogP contribution is -2.16. The Balaban J connectivity index is 2.62. The standard InChI is InChI=1S/C9H6N2O4/c12-7-8(15-9(13)14)11-6-4-2-1-3-5(6)10-7/h1-4H,(H,10,12)(H,13,14). The van der Waals surface area contributed by atoms with Crippen LogP contribution < -0.4 is 10.3 Å². The van der Waals surface area contributed by atoms with Crippen LogP contribution in [0.25, 0.3) is 11.0 Å². The number of H-pyrrole nitrogens is 1. The third-order valence-electron chi connectivity index (χ3n) is 1.75. The van der Waals surface area contributed by atoms with Crippen molar-refractivity contribution < 1.29 is 14.6 Å². The number of hydrogen-bond donors (Lipinski definition) is 2. The summed E-state index contributed by atoms with van der Waals surface area (Å²) in [6.07, 6.45) is -1.57. The molecule has 0 bridgehead atoms. The number of nitrogens with one attached hydrogen (secondary N) is 1. The molecule has 0 saturated carbocycles. The molecule has 0 aliphatic rings. The van der Waals surface area contributed by atoms with Crippen LogP contribution in [0.15, 0.2) is 29.1 Å². The van der Waals surface area contributed by atoms with Crippen LogP contribution in [0.1, 0.15) is 0 Å². The van der Waals surface area contributed by atoms with Crippen LogP contribution in [0.5, 0.6) is 5.88 Å². The van der Waals surface area contributed by atoms with Crippen molar-refractivity contribution in [3.05, 3.63) is 34.6 Å². The molecule has 0 radical (unpaired) electrons. The number of benzene rings is 1. The lowest BCUT2D eigenvalue weighted by molar-refractivity contribution is 0.142. The predicted molar refractivity (Wildman–Crippen MR) is 51.0 cm³/mol. The fraction of sp³-hybridized carbons (Fsp3) is 0. The lowest BCUT2D eigenvalue weighted by atomic mass is 10.3. The normalized spacial score (nSPS) is 10.1. The quantitative estimate of drug-likeness (QED) is 0.678. The second kappa shape index (κ2) is 3.41. The van der Waals surface area contributed by atoms with E-state index in [0.717, 1.165) is 0 Å². The van der Waals surface area contributed by atoms with Gasteiger partial charge < -0.3 is 14.8 Å². The van der Waals surface area contributed by atoms with Crippen molar-refractivity contribution in [2.24, 2.45) is 0 Å². The minimum absolute atomic E-state index is 0.466. The van der Waals surface area contributed by atoms with Gasteiger partial charge in [0.05, 0.1) is 11.0 Å². The maximum atomic E-state index is 11.3. The molecule has 15 heavy (non-hydrogen) atoms. The first-order chi connectivity index (χ1) is 7.16. The van der Waals surface area contributed by atoms with Crippen molar-refractivity contribution >= 4 is 17.2 Å². The average Bonchev–Trinajstić information content (AvgIpc) is 2.18. The summed E-state index contributed by atoms with van der Waals surface area (Å²) in [5.74, 6) is -0.471. The lowest BCUT2D eigenvalue weighted by Gasteiger charge is -1.99. The molecule has 6 heteroatoms. The van der Waals surface area contributed by atoms with Gasteiger partial charge in [-0.3, -0.25) is 4.79 Å². The molecule has 0 fully saturated rings. The second-order valence-electron chi connectivity index (χ2n) is 2.76. The molecule has 0 spiro atoms. The summed E-state index contributed by atoms with van der Waals surface area (Å²) in [6, 6.07) is 6.75. The Hall–Kier alpha value is -2.37. The van der Waals surface area contributed by atoms with E-state index < -0.39 is 17.6 Å². The molecule has 2 rings (SSSR count). The summed E-state index contributed by atoms with van der Waals surface area (Å²) >= 11 is 0. The van der Waals surface area contributed by atoms with Gasteiger partial charge in [0, 0.05) is 0 Å². The van der Waals surface area contributed by atoms with Gasteiger partial charge in [-0.1, -0.05) is 12.1 Å². The smallest absolute Gasteiger partial charge is 0.449 e. The Kier molecular flexibility index (Phi) is 2.09. The van der Waals surface area contributed by atoms with E-state index in [1.807, 2.05) is 0 Å². The molecular weight excluding hydrogens is 200 g/mol. The number of carbonyl (C=O) groups is 1. The topological polar surface area (TPSA) is 92.3 Å². The van der Waals surface area contributed by atoms with Gasteiger partial charge in [-0.15, -0.1) is 0 Å². The molecule has 1 aromatic carbocycles. The van der Waals surface area contributed by atoms with Crippen LogP contribution >= 0.6 is 0 Å². The number of hydrogen-bond acceptors (Lipinski definition) is 4. The Labute approximate surface area is 83.1 Å². The summed E-state index contributed by atoms with van der Waals surface area (Å²) in [5, 5.41) is 8.35. The number of fused-ring (bicyclic) bond motifs is 1. The average molecular weight is 206 g/mol. The summed E-state index contributed by atoms with van der Waals surface area (Å²) < 4.78 is 4.21. The van der Waals surface area contributed by atoms with Crippen molar-refractivity contribution in [1.29, 1.82) is 0 Å². The minimum atomic E-state index is -1.57. The van der Waals surface area contributed by atoms with Crippen LogP contribution in [0.3, 0.4) is 0 Å². The zero-order chi connectivity index (χ0) is 10.8. The fourth-order valence-electron chi connectivity index (χ4n) is 1.16. The van der Waals surface area contributed by atoms with Crippen LogP contribution in [-0.4, -0.2) is 21.2 Å². The Morgan fingerprint density at radius 2 is 2.13 bits per heavy atom. The predicted octanol–water partition coefficient (Wildman–Crippen LogP) is 0.980. The zero-order valence-corrected chi connectivity index (χ0v) is 7.43. The summed E-state index contributed by atoms with van der Waals surface area (Å²) in [5.41, 5.74) is 0.324. The molecule has 76 valence electrons. The SMILES string of the molecule is O=C(O)Oc1nc2ccccc2[nH]c1=O. The highest BCUT2D eigenvalue weighted by Crippen LogP contribution is 2.08. The van der Waals surface area contributed by atoms with E-state index >= 15 is 0 Å². The van der Waals surface area contributed by atoms with Gasteiger partial charge in [0.1, 0.15) is 0 Å². The van der Waals surface area contributed by atoms with Crippen LogP contribution in [0.4, 0.5) is 4.79 Å². The molecule has 6 nitrogen and oxygen atoms in total. The van der Waals surface area contributed by atoms with Gasteiger partial charge in [0.2, 0.25) is 0 Å². The molecule has 2 N–H and O–H groups in total. The first-order valence-electron chi connectivity index (χ1n) is 4.06. The molecule has 0 atom stereocenters. The Morgan fingerprint density at radius 1 is 1.40 bits per heavy atom. The highest BCUT2D eigenvalue weighted by atomic mass is 16.7. The van der Waals surface area contributed by atoms with Gasteiger partial charge in [-0.2, -0.15) is 0 Å². The molecule has 0 saturated heterocycles. The number of aromatic nitrogens is 2. The minimum Gasteiger partial charge on any atom is -0.449 e. The monoisotopic (exact) mass is 206 g/mol. The molecule has 0 aliphatic carbocycles. The number of rotatable bonds is 1. The molecule has 1 aromatic heterocycles. The first-order valence-corrected chi connectivity index (χ1v) is 4.06. The Bertz CT molecular complexity index is 576. The van der Waals surface area contributed by atoms with E-state index in [4.69, 9.17) is 5.11 Å².